The lowest BCUT2D eigenvalue weighted by molar-refractivity contribution is -0.192. The molecule has 2 saturated heterocycles. The van der Waals surface area contributed by atoms with Gasteiger partial charge in [-0.3, -0.25) is 9.59 Å². The summed E-state index contributed by atoms with van der Waals surface area (Å²) in [6.45, 7) is 1.67. The van der Waals surface area contributed by atoms with E-state index in [2.05, 4.69) is 5.73 Å². The lowest BCUT2D eigenvalue weighted by atomic mass is 9.90. The average Bonchev–Trinajstić information content (AvgIpc) is 3.26. The zero-order chi connectivity index (χ0) is 28.0. The first-order valence-corrected chi connectivity index (χ1v) is 14.6. The van der Waals surface area contributed by atoms with Gasteiger partial charge in [0.2, 0.25) is 0 Å². The van der Waals surface area contributed by atoms with Gasteiger partial charge in [-0.15, -0.1) is 5.73 Å². The van der Waals surface area contributed by atoms with Crippen molar-refractivity contribution in [1.82, 2.24) is 0 Å². The quantitative estimate of drug-likeness (QED) is 0.234. The summed E-state index contributed by atoms with van der Waals surface area (Å²) < 4.78 is 30.3. The maximum Gasteiger partial charge on any atom is 0.303 e. The van der Waals surface area contributed by atoms with E-state index >= 15 is 0 Å². The van der Waals surface area contributed by atoms with Gasteiger partial charge < -0.3 is 28.8 Å². The Kier molecular flexibility index (Phi) is 12.5. The minimum atomic E-state index is -0.842. The van der Waals surface area contributed by atoms with Gasteiger partial charge in [0.1, 0.15) is 24.2 Å². The molecule has 0 radical (unpaired) electrons. The molecule has 2 heterocycles. The highest BCUT2D eigenvalue weighted by atomic mass is 16.7. The van der Waals surface area contributed by atoms with Gasteiger partial charge in [0, 0.05) is 37.9 Å². The van der Waals surface area contributed by atoms with Crippen LogP contribution in [-0.2, 0) is 28.5 Å². The first-order valence-electron chi connectivity index (χ1n) is 14.6. The molecule has 2 aliphatic heterocycles. The van der Waals surface area contributed by atoms with E-state index in [4.69, 9.17) is 28.8 Å². The van der Waals surface area contributed by atoms with Crippen molar-refractivity contribution in [2.24, 2.45) is 11.8 Å². The summed E-state index contributed by atoms with van der Waals surface area (Å²) in [7, 11) is 0. The number of rotatable bonds is 14. The first-order chi connectivity index (χ1) is 19.6. The monoisotopic (exact) mass is 554 g/mol. The lowest BCUT2D eigenvalue weighted by Crippen LogP contribution is -2.32. The van der Waals surface area contributed by atoms with E-state index in [0.717, 1.165) is 44.3 Å². The maximum atomic E-state index is 13.2. The number of hydrogen-bond donors (Lipinski definition) is 1. The van der Waals surface area contributed by atoms with Crippen molar-refractivity contribution in [2.75, 3.05) is 19.8 Å². The number of carbonyl (C=O) groups excluding carboxylic acids is 1. The van der Waals surface area contributed by atoms with Gasteiger partial charge in [-0.2, -0.15) is 0 Å². The Morgan fingerprint density at radius 2 is 1.80 bits per heavy atom. The van der Waals surface area contributed by atoms with Crippen LogP contribution in [0, 0.1) is 11.8 Å². The molecule has 6 atom stereocenters. The third-order valence-electron chi connectivity index (χ3n) is 7.45. The summed E-state index contributed by atoms with van der Waals surface area (Å²) in [6.07, 6.45) is 13.5. The molecule has 3 fully saturated rings. The number of aliphatic carboxylic acids is 1. The fourth-order valence-electron chi connectivity index (χ4n) is 5.32. The van der Waals surface area contributed by atoms with Crippen LogP contribution in [0.5, 0.6) is 5.75 Å². The summed E-state index contributed by atoms with van der Waals surface area (Å²) in [5, 5.41) is 8.82. The standard InChI is InChI=1S/C32H42O8/c33-28-22-29(40-32-17-9-11-21-37-32)27(26(28)14-6-1-2-7-15-30(34)35)19-18-25(39-31-16-8-10-20-36-31)23-38-24-12-4-3-5-13-24/h2-6,12-13,18-19,25-27,29,31-32H,7-11,14-17,20-23H2,(H,34,35)/b19-18+/t1?,25?,26-,27-,29?,31?,32?/m1/s1. The van der Waals surface area contributed by atoms with Crippen LogP contribution in [0.15, 0.2) is 60.4 Å². The lowest BCUT2D eigenvalue weighted by Gasteiger charge is -2.29. The predicted octanol–water partition coefficient (Wildman–Crippen LogP) is 5.62. The molecule has 4 unspecified atom stereocenters. The van der Waals surface area contributed by atoms with Gasteiger partial charge >= 0.3 is 5.97 Å². The van der Waals surface area contributed by atoms with E-state index in [1.807, 2.05) is 48.6 Å². The Bertz CT molecular complexity index is 1000. The molecule has 0 amide bonds. The average molecular weight is 555 g/mol. The molecule has 1 saturated carbocycles. The minimum absolute atomic E-state index is 0.0585. The van der Waals surface area contributed by atoms with Crippen LogP contribution < -0.4 is 4.74 Å². The highest BCUT2D eigenvalue weighted by molar-refractivity contribution is 5.85. The molecule has 0 bridgehead atoms. The topological polar surface area (TPSA) is 101 Å². The van der Waals surface area contributed by atoms with E-state index < -0.39 is 5.97 Å². The van der Waals surface area contributed by atoms with Crippen LogP contribution in [0.1, 0.15) is 64.2 Å². The van der Waals surface area contributed by atoms with Crippen molar-refractivity contribution in [3.63, 3.8) is 0 Å². The van der Waals surface area contributed by atoms with Crippen LogP contribution in [-0.4, -0.2) is 61.5 Å². The van der Waals surface area contributed by atoms with Crippen molar-refractivity contribution in [3.8, 4) is 5.75 Å². The van der Waals surface area contributed by atoms with Gasteiger partial charge in [-0.1, -0.05) is 30.4 Å². The molecule has 3 aliphatic rings. The summed E-state index contributed by atoms with van der Waals surface area (Å²) in [4.78, 5) is 23.9. The van der Waals surface area contributed by atoms with Crippen LogP contribution in [0.25, 0.3) is 0 Å². The maximum absolute atomic E-state index is 13.2. The Balaban J connectivity index is 1.47. The molecule has 1 N–H and O–H groups in total. The molecule has 4 rings (SSSR count). The molecule has 0 spiro atoms. The van der Waals surface area contributed by atoms with Crippen molar-refractivity contribution in [2.45, 2.75) is 89.0 Å². The summed E-state index contributed by atoms with van der Waals surface area (Å²) in [5.41, 5.74) is 3.05. The molecule has 218 valence electrons. The van der Waals surface area contributed by atoms with Gasteiger partial charge in [0.15, 0.2) is 12.6 Å². The van der Waals surface area contributed by atoms with Crippen LogP contribution in [0.4, 0.5) is 0 Å². The third-order valence-corrected chi connectivity index (χ3v) is 7.45. The number of carbonyl (C=O) groups is 2. The highest BCUT2D eigenvalue weighted by Gasteiger charge is 2.42. The molecular weight excluding hydrogens is 512 g/mol. The van der Waals surface area contributed by atoms with E-state index in [-0.39, 0.29) is 48.8 Å². The number of allylic oxidation sites excluding steroid dienone is 1. The SMILES string of the molecule is O=C(O)CCC=C=CC[C@H]1C(=O)CC(OC2CCCCO2)[C@@H]1/C=C/C(COc1ccccc1)OC1CCCCO1. The first kappa shape index (κ1) is 30.2. The summed E-state index contributed by atoms with van der Waals surface area (Å²) in [5.74, 6) is -0.367. The molecule has 8 nitrogen and oxygen atoms in total. The predicted molar refractivity (Wildman–Crippen MR) is 149 cm³/mol. The van der Waals surface area contributed by atoms with Gasteiger partial charge in [-0.25, -0.2) is 0 Å². The highest BCUT2D eigenvalue weighted by Crippen LogP contribution is 2.37. The molecule has 1 aromatic rings. The summed E-state index contributed by atoms with van der Waals surface area (Å²) >= 11 is 0. The summed E-state index contributed by atoms with van der Waals surface area (Å²) in [6, 6.07) is 9.62. The zero-order valence-electron chi connectivity index (χ0n) is 23.2. The van der Waals surface area contributed by atoms with Crippen LogP contribution in [0.2, 0.25) is 0 Å². The Morgan fingerprint density at radius 3 is 2.50 bits per heavy atom. The second-order valence-corrected chi connectivity index (χ2v) is 10.5. The Morgan fingerprint density at radius 1 is 1.05 bits per heavy atom. The van der Waals surface area contributed by atoms with E-state index in [9.17, 15) is 9.59 Å². The number of carboxylic acids is 1. The fourth-order valence-corrected chi connectivity index (χ4v) is 5.32. The molecule has 40 heavy (non-hydrogen) atoms. The smallest absolute Gasteiger partial charge is 0.303 e. The van der Waals surface area contributed by atoms with Gasteiger partial charge in [0.25, 0.3) is 0 Å². The Labute approximate surface area is 237 Å². The number of carboxylic acid groups (broad SMARTS) is 1. The molecular formula is C32H42O8. The molecule has 8 heteroatoms. The van der Waals surface area contributed by atoms with E-state index in [1.54, 1.807) is 6.08 Å². The Hall–Kier alpha value is -2.74. The number of ketones is 1. The normalized spacial score (nSPS) is 27.7. The van der Waals surface area contributed by atoms with Crippen molar-refractivity contribution in [3.05, 3.63) is 60.4 Å². The second kappa shape index (κ2) is 16.5. The number of para-hydroxylation sites is 1. The second-order valence-electron chi connectivity index (χ2n) is 10.5. The van der Waals surface area contributed by atoms with E-state index in [0.29, 0.717) is 39.1 Å². The number of benzene rings is 1. The molecule has 1 aliphatic carbocycles. The van der Waals surface area contributed by atoms with Crippen molar-refractivity contribution < 1.29 is 38.4 Å². The number of Topliss-reactive ketones (excluding diaryl/α,β-unsaturated/α-hetero) is 1. The molecule has 0 aromatic heterocycles. The fraction of sp³-hybridized carbons (Fsp3) is 0.594. The van der Waals surface area contributed by atoms with Gasteiger partial charge in [0.05, 0.1) is 6.10 Å². The van der Waals surface area contributed by atoms with Crippen LogP contribution in [0.3, 0.4) is 0 Å². The minimum Gasteiger partial charge on any atom is -0.491 e. The largest absolute Gasteiger partial charge is 0.491 e. The molecule has 1 aromatic carbocycles. The van der Waals surface area contributed by atoms with Crippen molar-refractivity contribution >= 4 is 11.8 Å². The van der Waals surface area contributed by atoms with Crippen molar-refractivity contribution in [1.29, 1.82) is 0 Å². The third kappa shape index (κ3) is 10.0. The van der Waals surface area contributed by atoms with Gasteiger partial charge in [-0.05, 0) is 75.7 Å². The number of ether oxygens (including phenoxy) is 5. The van der Waals surface area contributed by atoms with E-state index in [1.165, 1.54) is 0 Å². The number of hydrogen-bond acceptors (Lipinski definition) is 7. The zero-order valence-corrected chi connectivity index (χ0v) is 23.2. The van der Waals surface area contributed by atoms with Crippen LogP contribution >= 0.6 is 0 Å².